The Morgan fingerprint density at radius 1 is 1.21 bits per heavy atom. The number of hydrogen-bond donors (Lipinski definition) is 3. The third-order valence-corrected chi connectivity index (χ3v) is 4.55. The second-order valence-corrected chi connectivity index (χ2v) is 8.83. The first-order valence-corrected chi connectivity index (χ1v) is 11.5. The summed E-state index contributed by atoms with van der Waals surface area (Å²) in [6, 6.07) is 7.47. The molecule has 10 nitrogen and oxygen atoms in total. The van der Waals surface area contributed by atoms with Gasteiger partial charge in [-0.1, -0.05) is 23.4 Å². The van der Waals surface area contributed by atoms with Crippen LogP contribution in [0, 0.1) is 11.8 Å². The average Bonchev–Trinajstić information content (AvgIpc) is 2.73. The summed E-state index contributed by atoms with van der Waals surface area (Å²) in [7, 11) is -3.67. The molecule has 0 fully saturated rings. The molecule has 0 amide bonds. The fourth-order valence-electron chi connectivity index (χ4n) is 2.94. The standard InChI is InChI=1S/C20H13ClN4O3.CH4O3S/c1-11(4-5-12-3-2-8-22-10-12)25-20(28)16-17(19(27)24-25)23-15-9-13(21)6-7-14(15)18(16)26;1-5(2,3)4/h2-3,6-11H,1H3,(H,23,26)(H,24,27);1H3,(H,2,3,4). The van der Waals surface area contributed by atoms with Gasteiger partial charge in [-0.25, -0.2) is 4.68 Å². The molecule has 0 spiro atoms. The van der Waals surface area contributed by atoms with Gasteiger partial charge in [-0.05, 0) is 37.3 Å². The summed E-state index contributed by atoms with van der Waals surface area (Å²) in [6.45, 7) is 1.65. The lowest BCUT2D eigenvalue weighted by Crippen LogP contribution is -2.35. The fraction of sp³-hybridized carbons (Fsp3) is 0.143. The number of hydrogen-bond acceptors (Lipinski definition) is 6. The maximum atomic E-state index is 12.9. The molecular weight excluding hydrogens is 472 g/mol. The third kappa shape index (κ3) is 5.75. The quantitative estimate of drug-likeness (QED) is 0.209. The normalized spacial score (nSPS) is 11.9. The molecule has 3 aromatic heterocycles. The Hall–Kier alpha value is -3.72. The fourth-order valence-corrected chi connectivity index (χ4v) is 3.11. The van der Waals surface area contributed by atoms with Gasteiger partial charge in [-0.2, -0.15) is 8.42 Å². The summed E-state index contributed by atoms with van der Waals surface area (Å²) in [5, 5.41) is 2.96. The van der Waals surface area contributed by atoms with Gasteiger partial charge in [0.2, 0.25) is 5.43 Å². The van der Waals surface area contributed by atoms with Crippen molar-refractivity contribution in [1.29, 1.82) is 0 Å². The first-order valence-electron chi connectivity index (χ1n) is 9.30. The number of nitrogens with one attached hydrogen (secondary N) is 2. The highest BCUT2D eigenvalue weighted by molar-refractivity contribution is 7.85. The van der Waals surface area contributed by atoms with Gasteiger partial charge in [-0.3, -0.25) is 29.0 Å². The van der Waals surface area contributed by atoms with E-state index in [1.54, 1.807) is 37.5 Å². The van der Waals surface area contributed by atoms with Crippen molar-refractivity contribution in [3.63, 3.8) is 0 Å². The van der Waals surface area contributed by atoms with Crippen LogP contribution in [-0.4, -0.2) is 39.0 Å². The van der Waals surface area contributed by atoms with Crippen molar-refractivity contribution in [3.8, 4) is 11.8 Å². The molecule has 0 saturated carbocycles. The van der Waals surface area contributed by atoms with E-state index in [1.165, 1.54) is 12.1 Å². The van der Waals surface area contributed by atoms with E-state index in [1.807, 2.05) is 0 Å². The van der Waals surface area contributed by atoms with Crippen LogP contribution >= 0.6 is 11.6 Å². The molecule has 1 unspecified atom stereocenters. The van der Waals surface area contributed by atoms with E-state index in [4.69, 9.17) is 16.2 Å². The van der Waals surface area contributed by atoms with Gasteiger partial charge in [0.15, 0.2) is 0 Å². The van der Waals surface area contributed by atoms with Gasteiger partial charge in [0.1, 0.15) is 16.9 Å². The van der Waals surface area contributed by atoms with Crippen LogP contribution in [0.5, 0.6) is 0 Å². The molecule has 0 aliphatic rings. The van der Waals surface area contributed by atoms with E-state index in [0.29, 0.717) is 22.4 Å². The van der Waals surface area contributed by atoms with Crippen molar-refractivity contribution in [1.82, 2.24) is 19.7 Å². The summed E-state index contributed by atoms with van der Waals surface area (Å²) < 4.78 is 26.9. The Morgan fingerprint density at radius 3 is 2.55 bits per heavy atom. The maximum absolute atomic E-state index is 12.9. The number of H-pyrrole nitrogens is 2. The molecule has 0 saturated heterocycles. The van der Waals surface area contributed by atoms with Crippen LogP contribution in [0.4, 0.5) is 0 Å². The Morgan fingerprint density at radius 2 is 1.91 bits per heavy atom. The number of halogens is 1. The van der Waals surface area contributed by atoms with Gasteiger partial charge in [0, 0.05) is 28.4 Å². The average molecular weight is 489 g/mol. The number of aromatic amines is 2. The van der Waals surface area contributed by atoms with Crippen molar-refractivity contribution >= 4 is 43.5 Å². The minimum atomic E-state index is -3.67. The molecule has 1 aromatic carbocycles. The monoisotopic (exact) mass is 488 g/mol. The predicted octanol–water partition coefficient (Wildman–Crippen LogP) is 1.70. The molecular formula is C21H17ClN4O6S. The molecule has 3 heterocycles. The molecule has 4 rings (SSSR count). The molecule has 33 heavy (non-hydrogen) atoms. The summed E-state index contributed by atoms with van der Waals surface area (Å²) in [5.74, 6) is 5.78. The maximum Gasteiger partial charge on any atom is 0.287 e. The molecule has 1 atom stereocenters. The van der Waals surface area contributed by atoms with E-state index >= 15 is 0 Å². The minimum absolute atomic E-state index is 0.0894. The predicted molar refractivity (Wildman–Crippen MR) is 125 cm³/mol. The second-order valence-electron chi connectivity index (χ2n) is 6.93. The second kappa shape index (κ2) is 9.41. The van der Waals surface area contributed by atoms with Crippen LogP contribution in [0.1, 0.15) is 18.5 Å². The minimum Gasteiger partial charge on any atom is -0.350 e. The topological polar surface area (TPSA) is 155 Å². The zero-order chi connectivity index (χ0) is 24.3. The summed E-state index contributed by atoms with van der Waals surface area (Å²) >= 11 is 5.95. The van der Waals surface area contributed by atoms with Crippen molar-refractivity contribution < 1.29 is 13.0 Å². The molecule has 0 aliphatic carbocycles. The number of pyridine rings is 2. The van der Waals surface area contributed by atoms with E-state index < -0.39 is 32.7 Å². The van der Waals surface area contributed by atoms with Crippen molar-refractivity contribution in [3.05, 3.63) is 84.2 Å². The molecule has 170 valence electrons. The smallest absolute Gasteiger partial charge is 0.287 e. The van der Waals surface area contributed by atoms with Crippen molar-refractivity contribution in [2.75, 3.05) is 6.26 Å². The first-order chi connectivity index (χ1) is 15.5. The van der Waals surface area contributed by atoms with Crippen LogP contribution in [0.15, 0.2) is 57.1 Å². The molecule has 0 radical (unpaired) electrons. The van der Waals surface area contributed by atoms with Crippen LogP contribution in [0.2, 0.25) is 5.02 Å². The van der Waals surface area contributed by atoms with E-state index in [0.717, 1.165) is 4.68 Å². The van der Waals surface area contributed by atoms with E-state index in [-0.39, 0.29) is 16.3 Å². The van der Waals surface area contributed by atoms with Gasteiger partial charge in [0.25, 0.3) is 21.2 Å². The Balaban J connectivity index is 0.000000555. The lowest BCUT2D eigenvalue weighted by molar-refractivity contribution is 0.490. The van der Waals surface area contributed by atoms with Gasteiger partial charge < -0.3 is 4.98 Å². The van der Waals surface area contributed by atoms with Crippen LogP contribution in [0.25, 0.3) is 21.8 Å². The van der Waals surface area contributed by atoms with Crippen LogP contribution in [-0.2, 0) is 10.1 Å². The van der Waals surface area contributed by atoms with E-state index in [2.05, 4.69) is 26.9 Å². The zero-order valence-corrected chi connectivity index (χ0v) is 18.9. The zero-order valence-electron chi connectivity index (χ0n) is 17.3. The Kier molecular flexibility index (Phi) is 6.83. The van der Waals surface area contributed by atoms with Crippen LogP contribution in [0.3, 0.4) is 0 Å². The molecule has 4 aromatic rings. The number of nitrogens with zero attached hydrogens (tertiary/aromatic N) is 2. The Bertz CT molecular complexity index is 1690. The highest BCUT2D eigenvalue weighted by Gasteiger charge is 2.16. The number of benzene rings is 1. The molecule has 0 bridgehead atoms. The lowest BCUT2D eigenvalue weighted by Gasteiger charge is -2.10. The molecule has 3 N–H and O–H groups in total. The number of fused-ring (bicyclic) bond motifs is 2. The molecule has 0 aliphatic heterocycles. The van der Waals surface area contributed by atoms with Gasteiger partial charge >= 0.3 is 0 Å². The van der Waals surface area contributed by atoms with Crippen molar-refractivity contribution in [2.24, 2.45) is 0 Å². The largest absolute Gasteiger partial charge is 0.350 e. The highest BCUT2D eigenvalue weighted by Crippen LogP contribution is 2.16. The highest BCUT2D eigenvalue weighted by atomic mass is 35.5. The Labute approximate surface area is 191 Å². The SMILES string of the molecule is CC(C#Cc1cccnc1)n1[nH]c(=O)c2[nH]c3cc(Cl)ccc3c(=O)c2c1=O.CS(=O)(=O)O. The lowest BCUT2D eigenvalue weighted by atomic mass is 10.1. The summed E-state index contributed by atoms with van der Waals surface area (Å²) in [4.78, 5) is 45.1. The first kappa shape index (κ1) is 23.9. The van der Waals surface area contributed by atoms with Crippen molar-refractivity contribution in [2.45, 2.75) is 13.0 Å². The molecule has 12 heteroatoms. The third-order valence-electron chi connectivity index (χ3n) is 4.32. The van der Waals surface area contributed by atoms with Crippen LogP contribution < -0.4 is 16.5 Å². The number of rotatable bonds is 1. The van der Waals surface area contributed by atoms with E-state index in [9.17, 15) is 22.8 Å². The number of aromatic nitrogens is 4. The van der Waals surface area contributed by atoms with Gasteiger partial charge in [-0.15, -0.1) is 0 Å². The summed E-state index contributed by atoms with van der Waals surface area (Å²) in [6.07, 6.45) is 3.93. The summed E-state index contributed by atoms with van der Waals surface area (Å²) in [5.41, 5.74) is -0.779. The van der Waals surface area contributed by atoms with Gasteiger partial charge in [0.05, 0.1) is 11.8 Å².